The lowest BCUT2D eigenvalue weighted by Gasteiger charge is -2.19. The Morgan fingerprint density at radius 1 is 1.16 bits per heavy atom. The quantitative estimate of drug-likeness (QED) is 0.789. The Kier molecular flexibility index (Phi) is 4.97. The number of amides is 2. The molecule has 0 bridgehead atoms. The first-order chi connectivity index (χ1) is 12.1. The molecule has 25 heavy (non-hydrogen) atoms. The van der Waals surface area contributed by atoms with E-state index in [0.717, 1.165) is 16.5 Å². The van der Waals surface area contributed by atoms with Crippen molar-refractivity contribution < 1.29 is 19.5 Å². The fraction of sp³-hybridized carbons (Fsp3) is 0.316. The highest BCUT2D eigenvalue weighted by Crippen LogP contribution is 2.31. The Bertz CT molecular complexity index is 813. The monoisotopic (exact) mass is 340 g/mol. The Labute approximate surface area is 145 Å². The predicted octanol–water partition coefficient (Wildman–Crippen LogP) is 2.17. The van der Waals surface area contributed by atoms with Crippen LogP contribution in [0.15, 0.2) is 42.5 Å². The Hall–Kier alpha value is -2.89. The van der Waals surface area contributed by atoms with Gasteiger partial charge in [0, 0.05) is 31.3 Å². The van der Waals surface area contributed by atoms with Gasteiger partial charge < -0.3 is 15.3 Å². The lowest BCUT2D eigenvalue weighted by Crippen LogP contribution is -2.33. The van der Waals surface area contributed by atoms with Gasteiger partial charge in [0.05, 0.1) is 11.6 Å². The lowest BCUT2D eigenvalue weighted by molar-refractivity contribution is -0.137. The smallest absolute Gasteiger partial charge is 0.303 e. The van der Waals surface area contributed by atoms with Crippen LogP contribution in [-0.4, -0.2) is 36.0 Å². The molecule has 1 heterocycles. The number of hydrogen-bond acceptors (Lipinski definition) is 3. The summed E-state index contributed by atoms with van der Waals surface area (Å²) in [4.78, 5) is 36.8. The molecule has 0 aromatic heterocycles. The van der Waals surface area contributed by atoms with Crippen LogP contribution in [0.25, 0.3) is 10.8 Å². The molecular formula is C19H20N2O4. The van der Waals surface area contributed by atoms with Gasteiger partial charge in [-0.1, -0.05) is 36.4 Å². The summed E-state index contributed by atoms with van der Waals surface area (Å²) in [5.74, 6) is -1.55. The van der Waals surface area contributed by atoms with Crippen LogP contribution in [0.4, 0.5) is 5.69 Å². The molecule has 1 fully saturated rings. The van der Waals surface area contributed by atoms with E-state index in [9.17, 15) is 14.4 Å². The second kappa shape index (κ2) is 7.34. The summed E-state index contributed by atoms with van der Waals surface area (Å²) >= 11 is 0. The number of benzene rings is 2. The molecule has 1 aliphatic heterocycles. The van der Waals surface area contributed by atoms with E-state index in [-0.39, 0.29) is 24.7 Å². The van der Waals surface area contributed by atoms with Crippen LogP contribution in [0.3, 0.4) is 0 Å². The molecule has 1 aliphatic rings. The SMILES string of the molecule is O=C(O)CCCNC(=O)C1CC(=O)N(c2cccc3ccccc23)C1. The zero-order valence-electron chi connectivity index (χ0n) is 13.8. The number of carbonyl (C=O) groups excluding carboxylic acids is 2. The third-order valence-electron chi connectivity index (χ3n) is 4.42. The third-order valence-corrected chi connectivity index (χ3v) is 4.42. The van der Waals surface area contributed by atoms with Gasteiger partial charge in [0.15, 0.2) is 0 Å². The van der Waals surface area contributed by atoms with E-state index in [1.807, 2.05) is 42.5 Å². The molecule has 0 saturated carbocycles. The molecule has 1 unspecified atom stereocenters. The van der Waals surface area contributed by atoms with E-state index in [1.165, 1.54) is 0 Å². The number of carboxylic acid groups (broad SMARTS) is 1. The molecule has 0 aliphatic carbocycles. The first-order valence-corrected chi connectivity index (χ1v) is 8.34. The maximum absolute atomic E-state index is 12.4. The van der Waals surface area contributed by atoms with Gasteiger partial charge in [0.1, 0.15) is 0 Å². The number of nitrogens with one attached hydrogen (secondary N) is 1. The van der Waals surface area contributed by atoms with Crippen LogP contribution in [-0.2, 0) is 14.4 Å². The second-order valence-corrected chi connectivity index (χ2v) is 6.19. The highest BCUT2D eigenvalue weighted by Gasteiger charge is 2.35. The first-order valence-electron chi connectivity index (χ1n) is 8.34. The van der Waals surface area contributed by atoms with E-state index >= 15 is 0 Å². The van der Waals surface area contributed by atoms with Crippen LogP contribution in [0, 0.1) is 5.92 Å². The molecule has 6 heteroatoms. The molecular weight excluding hydrogens is 320 g/mol. The molecule has 2 amide bonds. The minimum absolute atomic E-state index is 0.0198. The van der Waals surface area contributed by atoms with Crippen molar-refractivity contribution >= 4 is 34.2 Å². The van der Waals surface area contributed by atoms with Crippen LogP contribution in [0.2, 0.25) is 0 Å². The van der Waals surface area contributed by atoms with E-state index < -0.39 is 11.9 Å². The van der Waals surface area contributed by atoms with Crippen molar-refractivity contribution in [3.63, 3.8) is 0 Å². The van der Waals surface area contributed by atoms with Gasteiger partial charge in [-0.3, -0.25) is 14.4 Å². The van der Waals surface area contributed by atoms with Crippen molar-refractivity contribution in [3.05, 3.63) is 42.5 Å². The van der Waals surface area contributed by atoms with Gasteiger partial charge in [0.25, 0.3) is 0 Å². The van der Waals surface area contributed by atoms with E-state index in [1.54, 1.807) is 4.90 Å². The fourth-order valence-corrected chi connectivity index (χ4v) is 3.16. The summed E-state index contributed by atoms with van der Waals surface area (Å²) in [5.41, 5.74) is 0.823. The lowest BCUT2D eigenvalue weighted by atomic mass is 10.1. The molecule has 1 saturated heterocycles. The number of carboxylic acids is 1. The summed E-state index contributed by atoms with van der Waals surface area (Å²) in [6, 6.07) is 13.6. The van der Waals surface area contributed by atoms with Crippen LogP contribution in [0.5, 0.6) is 0 Å². The number of rotatable bonds is 6. The predicted molar refractivity (Wildman–Crippen MR) is 94.3 cm³/mol. The van der Waals surface area contributed by atoms with E-state index in [4.69, 9.17) is 5.11 Å². The number of carbonyl (C=O) groups is 3. The third kappa shape index (κ3) is 3.79. The average Bonchev–Trinajstić information content (AvgIpc) is 2.99. The van der Waals surface area contributed by atoms with Crippen molar-refractivity contribution in [2.45, 2.75) is 19.3 Å². The standard InChI is InChI=1S/C19H20N2O4/c22-17-11-14(19(25)20-10-4-9-18(23)24)12-21(17)16-8-3-6-13-5-1-2-7-15(13)16/h1-3,5-8,14H,4,9-12H2,(H,20,25)(H,23,24). The number of aliphatic carboxylic acids is 1. The molecule has 2 aromatic carbocycles. The van der Waals surface area contributed by atoms with Gasteiger partial charge in [-0.15, -0.1) is 0 Å². The highest BCUT2D eigenvalue weighted by atomic mass is 16.4. The van der Waals surface area contributed by atoms with Crippen molar-refractivity contribution in [1.82, 2.24) is 5.32 Å². The van der Waals surface area contributed by atoms with Crippen molar-refractivity contribution in [2.75, 3.05) is 18.0 Å². The van der Waals surface area contributed by atoms with Crippen LogP contribution < -0.4 is 10.2 Å². The number of hydrogen-bond donors (Lipinski definition) is 2. The molecule has 2 aromatic rings. The van der Waals surface area contributed by atoms with E-state index in [0.29, 0.717) is 19.5 Å². The summed E-state index contributed by atoms with van der Waals surface area (Å²) < 4.78 is 0. The average molecular weight is 340 g/mol. The van der Waals surface area contributed by atoms with Crippen molar-refractivity contribution in [2.24, 2.45) is 5.92 Å². The Morgan fingerprint density at radius 2 is 1.92 bits per heavy atom. The largest absolute Gasteiger partial charge is 0.481 e. The fourth-order valence-electron chi connectivity index (χ4n) is 3.16. The van der Waals surface area contributed by atoms with Gasteiger partial charge in [0.2, 0.25) is 11.8 Å². The number of anilines is 1. The number of nitrogens with zero attached hydrogens (tertiary/aromatic N) is 1. The normalized spacial score (nSPS) is 17.0. The van der Waals surface area contributed by atoms with Gasteiger partial charge in [-0.2, -0.15) is 0 Å². The summed E-state index contributed by atoms with van der Waals surface area (Å²) in [6.45, 7) is 0.654. The van der Waals surface area contributed by atoms with Gasteiger partial charge >= 0.3 is 5.97 Å². The van der Waals surface area contributed by atoms with Gasteiger partial charge in [-0.25, -0.2) is 0 Å². The van der Waals surface area contributed by atoms with Crippen molar-refractivity contribution in [1.29, 1.82) is 0 Å². The first kappa shape index (κ1) is 17.0. The zero-order chi connectivity index (χ0) is 17.8. The summed E-state index contributed by atoms with van der Waals surface area (Å²) in [7, 11) is 0. The van der Waals surface area contributed by atoms with E-state index in [2.05, 4.69) is 5.32 Å². The minimum Gasteiger partial charge on any atom is -0.481 e. The maximum Gasteiger partial charge on any atom is 0.303 e. The van der Waals surface area contributed by atoms with Crippen LogP contribution in [0.1, 0.15) is 19.3 Å². The number of fused-ring (bicyclic) bond motifs is 1. The molecule has 3 rings (SSSR count). The second-order valence-electron chi connectivity index (χ2n) is 6.19. The molecule has 0 spiro atoms. The maximum atomic E-state index is 12.4. The molecule has 0 radical (unpaired) electrons. The molecule has 1 atom stereocenters. The Balaban J connectivity index is 1.68. The Morgan fingerprint density at radius 3 is 2.72 bits per heavy atom. The summed E-state index contributed by atoms with van der Waals surface area (Å²) in [6.07, 6.45) is 0.578. The zero-order valence-corrected chi connectivity index (χ0v) is 13.8. The van der Waals surface area contributed by atoms with Crippen LogP contribution >= 0.6 is 0 Å². The molecule has 6 nitrogen and oxygen atoms in total. The molecule has 130 valence electrons. The molecule has 2 N–H and O–H groups in total. The van der Waals surface area contributed by atoms with Crippen molar-refractivity contribution in [3.8, 4) is 0 Å². The topological polar surface area (TPSA) is 86.7 Å². The van der Waals surface area contributed by atoms with Gasteiger partial charge in [-0.05, 0) is 17.9 Å². The highest BCUT2D eigenvalue weighted by molar-refractivity contribution is 6.06. The summed E-state index contributed by atoms with van der Waals surface area (Å²) in [5, 5.41) is 13.4. The minimum atomic E-state index is -0.882.